The molecule has 4 rings (SSSR count). The molecule has 0 unspecified atom stereocenters. The highest BCUT2D eigenvalue weighted by Gasteiger charge is 2.54. The Labute approximate surface area is 196 Å². The third-order valence-corrected chi connectivity index (χ3v) is 7.54. The lowest BCUT2D eigenvalue weighted by Crippen LogP contribution is -2.42. The summed E-state index contributed by atoms with van der Waals surface area (Å²) in [6.45, 7) is 0.0327. The van der Waals surface area contributed by atoms with Crippen LogP contribution in [-0.4, -0.2) is 42.0 Å². The molecule has 1 aliphatic heterocycles. The quantitative estimate of drug-likeness (QED) is 0.389. The van der Waals surface area contributed by atoms with E-state index in [2.05, 4.69) is 5.10 Å². The number of anilines is 1. The van der Waals surface area contributed by atoms with Gasteiger partial charge in [-0.3, -0.25) is 0 Å². The molecule has 2 aromatic carbocycles. The van der Waals surface area contributed by atoms with Gasteiger partial charge in [0.2, 0.25) is 0 Å². The summed E-state index contributed by atoms with van der Waals surface area (Å²) in [6, 6.07) is 5.82. The van der Waals surface area contributed by atoms with Crippen molar-refractivity contribution >= 4 is 38.3 Å². The monoisotopic (exact) mass is 525 g/mol. The molecule has 0 amide bonds. The number of nitrogens with zero attached hydrogens (tertiary/aromatic N) is 3. The minimum absolute atomic E-state index is 0.0803. The topological polar surface area (TPSA) is 55.2 Å². The molecule has 0 spiro atoms. The summed E-state index contributed by atoms with van der Waals surface area (Å²) in [5.74, 6) is -10.7. The van der Waals surface area contributed by atoms with E-state index in [-0.39, 0.29) is 15.9 Å². The first-order valence-electron chi connectivity index (χ1n) is 9.96. The van der Waals surface area contributed by atoms with E-state index in [4.69, 9.17) is 11.6 Å². The molecule has 1 saturated heterocycles. The lowest BCUT2D eigenvalue weighted by atomic mass is 10.1. The van der Waals surface area contributed by atoms with Crippen LogP contribution in [0.4, 0.5) is 32.2 Å². The van der Waals surface area contributed by atoms with Crippen molar-refractivity contribution in [3.8, 4) is 0 Å². The average molecular weight is 526 g/mol. The van der Waals surface area contributed by atoms with Crippen LogP contribution in [0, 0.1) is 0 Å². The Kier molecular flexibility index (Phi) is 5.63. The first kappa shape index (κ1) is 24.6. The summed E-state index contributed by atoms with van der Waals surface area (Å²) in [4.78, 5) is 0.251. The SMILES string of the molecule is CC(F)(F)c1ccc(S(=O)(=O)n2nc(N3CC(F)(F)C[C@H]3C(C)(F)F)c3c(Cl)cccc32)cc1. The molecule has 0 aliphatic carbocycles. The second-order valence-electron chi connectivity index (χ2n) is 8.38. The molecule has 1 aromatic heterocycles. The molecule has 0 N–H and O–H groups in total. The Bertz CT molecular complexity index is 1350. The zero-order valence-corrected chi connectivity index (χ0v) is 19.3. The third kappa shape index (κ3) is 4.21. The molecule has 184 valence electrons. The summed E-state index contributed by atoms with van der Waals surface area (Å²) in [7, 11) is -4.53. The van der Waals surface area contributed by atoms with E-state index in [1.54, 1.807) is 0 Å². The molecule has 2 heterocycles. The fourth-order valence-electron chi connectivity index (χ4n) is 3.98. The molecule has 13 heteroatoms. The van der Waals surface area contributed by atoms with Gasteiger partial charge in [-0.15, -0.1) is 5.10 Å². The summed E-state index contributed by atoms with van der Waals surface area (Å²) in [6.07, 6.45) is -1.16. The smallest absolute Gasteiger partial charge is 0.283 e. The minimum Gasteiger partial charge on any atom is -0.339 e. The van der Waals surface area contributed by atoms with E-state index >= 15 is 0 Å². The van der Waals surface area contributed by atoms with E-state index < -0.39 is 63.1 Å². The van der Waals surface area contributed by atoms with Crippen molar-refractivity contribution in [3.05, 3.63) is 53.1 Å². The first-order valence-corrected chi connectivity index (χ1v) is 11.8. The van der Waals surface area contributed by atoms with Gasteiger partial charge in [-0.2, -0.15) is 12.5 Å². The number of alkyl halides is 6. The van der Waals surface area contributed by atoms with E-state index in [1.165, 1.54) is 18.2 Å². The zero-order valence-electron chi connectivity index (χ0n) is 17.7. The van der Waals surface area contributed by atoms with Gasteiger partial charge in [0.1, 0.15) is 0 Å². The van der Waals surface area contributed by atoms with Gasteiger partial charge in [0.25, 0.3) is 27.8 Å². The van der Waals surface area contributed by atoms with Crippen molar-refractivity contribution in [2.45, 2.75) is 49.0 Å². The summed E-state index contributed by atoms with van der Waals surface area (Å²) >= 11 is 6.22. The number of halogens is 7. The molecule has 0 bridgehead atoms. The Morgan fingerprint density at radius 2 is 1.68 bits per heavy atom. The number of aromatic nitrogens is 2. The molecule has 1 fully saturated rings. The van der Waals surface area contributed by atoms with Gasteiger partial charge in [0.15, 0.2) is 5.82 Å². The zero-order chi connectivity index (χ0) is 25.3. The van der Waals surface area contributed by atoms with Crippen LogP contribution in [0.3, 0.4) is 0 Å². The van der Waals surface area contributed by atoms with Gasteiger partial charge in [0, 0.05) is 25.8 Å². The Morgan fingerprint density at radius 1 is 1.06 bits per heavy atom. The largest absolute Gasteiger partial charge is 0.339 e. The van der Waals surface area contributed by atoms with Crippen LogP contribution in [0.15, 0.2) is 47.4 Å². The fraction of sp³-hybridized carbons (Fsp3) is 0.381. The Morgan fingerprint density at radius 3 is 2.24 bits per heavy atom. The molecule has 0 saturated carbocycles. The van der Waals surface area contributed by atoms with Crippen LogP contribution in [-0.2, 0) is 15.9 Å². The number of fused-ring (bicyclic) bond motifs is 1. The fourth-order valence-corrected chi connectivity index (χ4v) is 5.51. The van der Waals surface area contributed by atoms with E-state index in [1.807, 2.05) is 0 Å². The molecule has 1 atom stereocenters. The minimum atomic E-state index is -4.53. The van der Waals surface area contributed by atoms with Crippen molar-refractivity contribution in [1.29, 1.82) is 0 Å². The number of rotatable bonds is 5. The number of hydrogen-bond donors (Lipinski definition) is 0. The highest BCUT2D eigenvalue weighted by molar-refractivity contribution is 7.90. The molecule has 0 radical (unpaired) electrons. The first-order chi connectivity index (χ1) is 15.5. The maximum absolute atomic E-state index is 14.2. The highest BCUT2D eigenvalue weighted by atomic mass is 35.5. The van der Waals surface area contributed by atoms with Gasteiger partial charge in [0.05, 0.1) is 33.4 Å². The van der Waals surface area contributed by atoms with Gasteiger partial charge in [-0.05, 0) is 24.3 Å². The molecular weight excluding hydrogens is 508 g/mol. The summed E-state index contributed by atoms with van der Waals surface area (Å²) in [5.41, 5.74) is -0.561. The van der Waals surface area contributed by atoms with Crippen LogP contribution >= 0.6 is 11.6 Å². The van der Waals surface area contributed by atoms with Crippen molar-refractivity contribution in [2.24, 2.45) is 0 Å². The normalized spacial score (nSPS) is 19.2. The average Bonchev–Trinajstić information content (AvgIpc) is 3.26. The third-order valence-electron chi connectivity index (χ3n) is 5.62. The molecule has 3 aromatic rings. The molecule has 34 heavy (non-hydrogen) atoms. The van der Waals surface area contributed by atoms with E-state index in [0.29, 0.717) is 22.8 Å². The van der Waals surface area contributed by atoms with Crippen molar-refractivity contribution in [1.82, 2.24) is 9.19 Å². The molecule has 1 aliphatic rings. The van der Waals surface area contributed by atoms with Crippen molar-refractivity contribution in [2.75, 3.05) is 11.4 Å². The lowest BCUT2D eigenvalue weighted by Gasteiger charge is -2.28. The van der Waals surface area contributed by atoms with E-state index in [9.17, 15) is 34.8 Å². The Balaban J connectivity index is 1.91. The maximum atomic E-state index is 14.2. The molecule has 5 nitrogen and oxygen atoms in total. The van der Waals surface area contributed by atoms with Gasteiger partial charge >= 0.3 is 0 Å². The van der Waals surface area contributed by atoms with Gasteiger partial charge < -0.3 is 4.90 Å². The van der Waals surface area contributed by atoms with Crippen molar-refractivity contribution in [3.63, 3.8) is 0 Å². The maximum Gasteiger partial charge on any atom is 0.283 e. The van der Waals surface area contributed by atoms with Crippen molar-refractivity contribution < 1.29 is 34.8 Å². The predicted molar refractivity (Wildman–Crippen MR) is 115 cm³/mol. The number of hydrogen-bond acceptors (Lipinski definition) is 4. The summed E-state index contributed by atoms with van der Waals surface area (Å²) < 4.78 is 111. The highest BCUT2D eigenvalue weighted by Crippen LogP contribution is 2.45. The number of benzene rings is 2. The van der Waals surface area contributed by atoms with Crippen LogP contribution in [0.1, 0.15) is 25.8 Å². The van der Waals surface area contributed by atoms with Crippen LogP contribution in [0.25, 0.3) is 10.9 Å². The van der Waals surface area contributed by atoms with Gasteiger partial charge in [-0.1, -0.05) is 29.8 Å². The van der Waals surface area contributed by atoms with Crippen LogP contribution in [0.2, 0.25) is 5.02 Å². The Hall–Kier alpha value is -2.47. The lowest BCUT2D eigenvalue weighted by molar-refractivity contribution is -0.0299. The second-order valence-corrected chi connectivity index (χ2v) is 10.6. The van der Waals surface area contributed by atoms with Crippen LogP contribution in [0.5, 0.6) is 0 Å². The second kappa shape index (κ2) is 7.77. The summed E-state index contributed by atoms with van der Waals surface area (Å²) in [5, 5.41) is 3.76. The van der Waals surface area contributed by atoms with Crippen LogP contribution < -0.4 is 4.90 Å². The molecular formula is C21H18ClF6N3O2S. The van der Waals surface area contributed by atoms with E-state index in [0.717, 1.165) is 24.3 Å². The van der Waals surface area contributed by atoms with Gasteiger partial charge in [-0.25, -0.2) is 26.3 Å². The standard InChI is InChI=1S/C21H18ClF6N3O2S/c1-19(23,24)12-6-8-13(9-7-12)34(32,33)31-15-5-3-4-14(22)17(15)18(29-31)30-11-21(27,28)10-16(30)20(2,25)26/h3-9,16H,10-11H2,1-2H3/t16-/m0/s1. The predicted octanol–water partition coefficient (Wildman–Crippen LogP) is 5.91.